The highest BCUT2D eigenvalue weighted by molar-refractivity contribution is 5.95. The summed E-state index contributed by atoms with van der Waals surface area (Å²) in [6.07, 6.45) is 2.02. The van der Waals surface area contributed by atoms with Crippen LogP contribution >= 0.6 is 0 Å². The first-order valence-corrected chi connectivity index (χ1v) is 13.0. The number of nitrogens with one attached hydrogen (secondary N) is 5. The molecule has 215 valence electrons. The second kappa shape index (κ2) is 16.9. The Morgan fingerprint density at radius 2 is 1.41 bits per heavy atom. The second-order valence-corrected chi connectivity index (χ2v) is 10.0. The Kier molecular flexibility index (Phi) is 14.4. The Morgan fingerprint density at radius 1 is 0.795 bits per heavy atom. The SMILES string of the molecule is CC(C)C[C@H](NC(=O)[C@@H](NC(=O)CN)C(C)C)C(=O)N[C@@H](C)C(=O)N[C@@H](Cc1ccccc1)C(=O)NC[C]=O. The standard InChI is InChI=1S/C27H41N6O6/c1-16(2)13-20(32-27(39)23(17(3)4)33-22(35)15-28)26(38)30-18(5)24(36)31-21(25(37)29-11-12-34)14-19-9-7-6-8-10-19/h6-10,16-18,20-21,23H,11,13-15,28H2,1-5H3,(H,29,37)(H,30,38)(H,31,36)(H,32,39)(H,33,35)/t18-,20-,21-,23-/m0/s1. The molecular weight excluding hydrogens is 504 g/mol. The third-order valence-electron chi connectivity index (χ3n) is 5.79. The fraction of sp³-hybridized carbons (Fsp3) is 0.556. The molecule has 1 aromatic rings. The van der Waals surface area contributed by atoms with E-state index in [4.69, 9.17) is 5.73 Å². The van der Waals surface area contributed by atoms with Crippen LogP contribution in [0.3, 0.4) is 0 Å². The van der Waals surface area contributed by atoms with E-state index in [2.05, 4.69) is 26.6 Å². The number of carbonyl (C=O) groups excluding carboxylic acids is 6. The van der Waals surface area contributed by atoms with Crippen molar-refractivity contribution in [3.63, 3.8) is 0 Å². The molecule has 0 fully saturated rings. The van der Waals surface area contributed by atoms with Crippen LogP contribution in [-0.2, 0) is 35.2 Å². The van der Waals surface area contributed by atoms with Crippen LogP contribution in [0, 0.1) is 11.8 Å². The second-order valence-electron chi connectivity index (χ2n) is 10.0. The molecule has 0 aromatic heterocycles. The minimum Gasteiger partial charge on any atom is -0.347 e. The minimum absolute atomic E-state index is 0.0230. The molecule has 0 saturated carbocycles. The van der Waals surface area contributed by atoms with E-state index in [9.17, 15) is 28.8 Å². The zero-order valence-corrected chi connectivity index (χ0v) is 23.2. The fourth-order valence-corrected chi connectivity index (χ4v) is 3.71. The van der Waals surface area contributed by atoms with Gasteiger partial charge in [-0.05, 0) is 30.7 Å². The summed E-state index contributed by atoms with van der Waals surface area (Å²) in [5.41, 5.74) is 6.13. The summed E-state index contributed by atoms with van der Waals surface area (Å²) in [6.45, 7) is 8.10. The van der Waals surface area contributed by atoms with Gasteiger partial charge in [0.05, 0.1) is 13.1 Å². The normalized spacial score (nSPS) is 13.9. The highest BCUT2D eigenvalue weighted by atomic mass is 16.2. The van der Waals surface area contributed by atoms with Crippen molar-refractivity contribution in [3.8, 4) is 0 Å². The van der Waals surface area contributed by atoms with Crippen molar-refractivity contribution in [1.29, 1.82) is 0 Å². The molecule has 0 unspecified atom stereocenters. The summed E-state index contributed by atoms with van der Waals surface area (Å²) >= 11 is 0. The van der Waals surface area contributed by atoms with E-state index in [1.165, 1.54) is 6.92 Å². The van der Waals surface area contributed by atoms with Crippen molar-refractivity contribution >= 4 is 35.8 Å². The van der Waals surface area contributed by atoms with E-state index >= 15 is 0 Å². The molecule has 0 aliphatic rings. The molecule has 12 nitrogen and oxygen atoms in total. The van der Waals surface area contributed by atoms with Gasteiger partial charge in [-0.1, -0.05) is 58.0 Å². The number of amides is 5. The Morgan fingerprint density at radius 3 is 1.95 bits per heavy atom. The van der Waals surface area contributed by atoms with Crippen molar-refractivity contribution in [1.82, 2.24) is 26.6 Å². The summed E-state index contributed by atoms with van der Waals surface area (Å²) < 4.78 is 0. The van der Waals surface area contributed by atoms with E-state index in [1.54, 1.807) is 44.4 Å². The molecule has 12 heteroatoms. The molecule has 1 rings (SSSR count). The van der Waals surface area contributed by atoms with Gasteiger partial charge in [0, 0.05) is 6.42 Å². The average Bonchev–Trinajstić information content (AvgIpc) is 2.89. The molecule has 4 atom stereocenters. The number of carbonyl (C=O) groups is 5. The predicted molar refractivity (Wildman–Crippen MR) is 146 cm³/mol. The first-order valence-electron chi connectivity index (χ1n) is 13.0. The Hall–Kier alpha value is -3.80. The molecule has 0 aliphatic heterocycles. The van der Waals surface area contributed by atoms with Crippen LogP contribution in [0.1, 0.15) is 46.6 Å². The zero-order chi connectivity index (χ0) is 29.5. The van der Waals surface area contributed by atoms with Gasteiger partial charge in [-0.25, -0.2) is 0 Å². The third kappa shape index (κ3) is 12.1. The molecule has 0 spiro atoms. The van der Waals surface area contributed by atoms with Crippen LogP contribution in [0.15, 0.2) is 30.3 Å². The smallest absolute Gasteiger partial charge is 0.243 e. The summed E-state index contributed by atoms with van der Waals surface area (Å²) in [5.74, 6) is -3.08. The van der Waals surface area contributed by atoms with Crippen molar-refractivity contribution < 1.29 is 28.8 Å². The minimum atomic E-state index is -1.05. The molecular formula is C27H41N6O6. The van der Waals surface area contributed by atoms with Crippen molar-refractivity contribution in [2.75, 3.05) is 13.1 Å². The van der Waals surface area contributed by atoms with E-state index in [-0.39, 0.29) is 37.8 Å². The maximum absolute atomic E-state index is 13.1. The summed E-state index contributed by atoms with van der Waals surface area (Å²) in [4.78, 5) is 73.9. The van der Waals surface area contributed by atoms with E-state index in [0.717, 1.165) is 5.56 Å². The van der Waals surface area contributed by atoms with E-state index < -0.39 is 53.7 Å². The number of rotatable bonds is 16. The maximum Gasteiger partial charge on any atom is 0.243 e. The summed E-state index contributed by atoms with van der Waals surface area (Å²) in [6, 6.07) is 5.07. The molecule has 1 aromatic carbocycles. The van der Waals surface area contributed by atoms with Gasteiger partial charge in [-0.15, -0.1) is 0 Å². The van der Waals surface area contributed by atoms with Crippen LogP contribution in [0.4, 0.5) is 0 Å². The summed E-state index contributed by atoms with van der Waals surface area (Å²) in [7, 11) is 0. The van der Waals surface area contributed by atoms with Crippen LogP contribution in [0.2, 0.25) is 0 Å². The van der Waals surface area contributed by atoms with E-state index in [0.29, 0.717) is 0 Å². The van der Waals surface area contributed by atoms with Gasteiger partial charge in [-0.2, -0.15) is 0 Å². The zero-order valence-electron chi connectivity index (χ0n) is 23.2. The lowest BCUT2D eigenvalue weighted by Gasteiger charge is -2.27. The van der Waals surface area contributed by atoms with Gasteiger partial charge in [0.25, 0.3) is 0 Å². The first kappa shape index (κ1) is 33.2. The van der Waals surface area contributed by atoms with Gasteiger partial charge in [-0.3, -0.25) is 28.8 Å². The van der Waals surface area contributed by atoms with Crippen LogP contribution in [0.5, 0.6) is 0 Å². The molecule has 5 amide bonds. The quantitative estimate of drug-likeness (QED) is 0.155. The Labute approximate surface area is 229 Å². The number of benzene rings is 1. The number of hydrogen-bond acceptors (Lipinski definition) is 7. The fourth-order valence-electron chi connectivity index (χ4n) is 3.71. The average molecular weight is 546 g/mol. The molecule has 0 heterocycles. The lowest BCUT2D eigenvalue weighted by molar-refractivity contribution is -0.134. The number of nitrogens with two attached hydrogens (primary N) is 1. The Bertz CT molecular complexity index is 984. The van der Waals surface area contributed by atoms with Gasteiger partial charge < -0.3 is 32.3 Å². The lowest BCUT2D eigenvalue weighted by Crippen LogP contribution is -2.59. The van der Waals surface area contributed by atoms with Gasteiger partial charge >= 0.3 is 0 Å². The third-order valence-corrected chi connectivity index (χ3v) is 5.79. The maximum atomic E-state index is 13.1. The van der Waals surface area contributed by atoms with Crippen LogP contribution in [0.25, 0.3) is 0 Å². The monoisotopic (exact) mass is 545 g/mol. The summed E-state index contributed by atoms with van der Waals surface area (Å²) in [5, 5.41) is 12.8. The highest BCUT2D eigenvalue weighted by Gasteiger charge is 2.31. The molecule has 0 bridgehead atoms. The molecule has 39 heavy (non-hydrogen) atoms. The molecule has 7 N–H and O–H groups in total. The lowest BCUT2D eigenvalue weighted by atomic mass is 9.99. The van der Waals surface area contributed by atoms with E-state index in [1.807, 2.05) is 19.9 Å². The molecule has 0 saturated heterocycles. The van der Waals surface area contributed by atoms with Crippen molar-refractivity contribution in [2.45, 2.75) is 71.6 Å². The molecule has 1 radical (unpaired) electrons. The van der Waals surface area contributed by atoms with Crippen molar-refractivity contribution in [2.24, 2.45) is 17.6 Å². The molecule has 0 aliphatic carbocycles. The van der Waals surface area contributed by atoms with Gasteiger partial charge in [0.1, 0.15) is 24.2 Å². The Balaban J connectivity index is 2.95. The first-order chi connectivity index (χ1) is 18.4. The predicted octanol–water partition coefficient (Wildman–Crippen LogP) is -0.925. The number of hydrogen-bond donors (Lipinski definition) is 6. The van der Waals surface area contributed by atoms with Gasteiger partial charge in [0.2, 0.25) is 35.8 Å². The van der Waals surface area contributed by atoms with Gasteiger partial charge in [0.15, 0.2) is 0 Å². The topological polar surface area (TPSA) is 189 Å². The largest absolute Gasteiger partial charge is 0.347 e. The van der Waals surface area contributed by atoms with Crippen LogP contribution in [-0.4, -0.2) is 73.1 Å². The van der Waals surface area contributed by atoms with Crippen molar-refractivity contribution in [3.05, 3.63) is 35.9 Å². The highest BCUT2D eigenvalue weighted by Crippen LogP contribution is 2.09. The van der Waals surface area contributed by atoms with Crippen LogP contribution < -0.4 is 32.3 Å².